The number of hydrogen-bond donors (Lipinski definition) is 1. The molecule has 0 radical (unpaired) electrons. The first-order valence-electron chi connectivity index (χ1n) is 7.67. The van der Waals surface area contributed by atoms with Gasteiger partial charge in [-0.2, -0.15) is 0 Å². The molecule has 1 heterocycles. The van der Waals surface area contributed by atoms with Crippen molar-refractivity contribution in [1.29, 1.82) is 0 Å². The van der Waals surface area contributed by atoms with E-state index in [0.717, 1.165) is 29.4 Å². The van der Waals surface area contributed by atoms with Crippen molar-refractivity contribution in [2.75, 3.05) is 23.8 Å². The van der Waals surface area contributed by atoms with Crippen LogP contribution in [0, 0.1) is 5.92 Å². The maximum Gasteiger partial charge on any atom is 0.136 e. The van der Waals surface area contributed by atoms with Gasteiger partial charge in [0.1, 0.15) is 17.5 Å². The van der Waals surface area contributed by atoms with Gasteiger partial charge >= 0.3 is 0 Å². The fourth-order valence-corrected chi connectivity index (χ4v) is 2.65. The van der Waals surface area contributed by atoms with Gasteiger partial charge < -0.3 is 10.2 Å². The molecule has 0 amide bonds. The predicted octanol–water partition coefficient (Wildman–Crippen LogP) is 2.77. The molecule has 0 aromatic carbocycles. The first kappa shape index (κ1) is 11.5. The van der Waals surface area contributed by atoms with Crippen LogP contribution in [0.1, 0.15) is 50.3 Å². The zero-order chi connectivity index (χ0) is 12.8. The summed E-state index contributed by atoms with van der Waals surface area (Å²) in [5, 5.41) is 3.20. The summed E-state index contributed by atoms with van der Waals surface area (Å²) in [7, 11) is 1.95. The van der Waals surface area contributed by atoms with Crippen molar-refractivity contribution in [2.24, 2.45) is 5.92 Å². The van der Waals surface area contributed by atoms with Gasteiger partial charge in [0.25, 0.3) is 0 Å². The number of nitrogens with zero attached hydrogens (tertiary/aromatic N) is 3. The van der Waals surface area contributed by atoms with Crippen LogP contribution in [0.3, 0.4) is 0 Å². The lowest BCUT2D eigenvalue weighted by Gasteiger charge is -2.24. The van der Waals surface area contributed by atoms with Crippen molar-refractivity contribution in [3.8, 4) is 0 Å². The highest BCUT2D eigenvalue weighted by Gasteiger charge is 2.35. The van der Waals surface area contributed by atoms with Crippen LogP contribution in [0.5, 0.6) is 0 Å². The van der Waals surface area contributed by atoms with Gasteiger partial charge in [0, 0.05) is 31.6 Å². The molecule has 1 aromatic heterocycles. The highest BCUT2D eigenvalue weighted by Crippen LogP contribution is 2.41. The molecule has 1 N–H and O–H groups in total. The Morgan fingerprint density at radius 1 is 1.16 bits per heavy atom. The maximum atomic E-state index is 4.86. The number of anilines is 2. The molecule has 0 saturated heterocycles. The van der Waals surface area contributed by atoms with Crippen molar-refractivity contribution >= 4 is 11.6 Å². The standard InChI is InChI=1S/C15H22N4/c1-16-13-8-14(18-15(17-13)11-4-5-11)19(12-6-7-12)9-10-2-3-10/h8,10-12H,2-7,9H2,1H3,(H,16,17,18). The summed E-state index contributed by atoms with van der Waals surface area (Å²) in [5.74, 6) is 4.74. The smallest absolute Gasteiger partial charge is 0.136 e. The second-order valence-corrected chi connectivity index (χ2v) is 6.32. The van der Waals surface area contributed by atoms with Crippen LogP contribution >= 0.6 is 0 Å². The Bertz CT molecular complexity index is 475. The van der Waals surface area contributed by atoms with Crippen molar-refractivity contribution in [2.45, 2.75) is 50.5 Å². The van der Waals surface area contributed by atoms with Crippen molar-refractivity contribution in [1.82, 2.24) is 9.97 Å². The van der Waals surface area contributed by atoms with Gasteiger partial charge in [-0.1, -0.05) is 0 Å². The number of nitrogens with one attached hydrogen (secondary N) is 1. The SMILES string of the molecule is CNc1cc(N(CC2CC2)C2CC2)nc(C2CC2)n1. The van der Waals surface area contributed by atoms with Gasteiger partial charge in [-0.15, -0.1) is 0 Å². The van der Waals surface area contributed by atoms with Gasteiger partial charge in [0.15, 0.2) is 0 Å². The molecule has 4 nitrogen and oxygen atoms in total. The van der Waals surface area contributed by atoms with Gasteiger partial charge in [-0.3, -0.25) is 0 Å². The van der Waals surface area contributed by atoms with Crippen LogP contribution in [-0.4, -0.2) is 29.6 Å². The van der Waals surface area contributed by atoms with E-state index in [2.05, 4.69) is 21.3 Å². The Morgan fingerprint density at radius 2 is 1.95 bits per heavy atom. The molecule has 19 heavy (non-hydrogen) atoms. The fourth-order valence-electron chi connectivity index (χ4n) is 2.65. The molecular formula is C15H22N4. The van der Waals surface area contributed by atoms with E-state index in [1.165, 1.54) is 45.1 Å². The second-order valence-electron chi connectivity index (χ2n) is 6.32. The summed E-state index contributed by atoms with van der Waals surface area (Å²) in [4.78, 5) is 12.0. The van der Waals surface area contributed by atoms with E-state index >= 15 is 0 Å². The first-order chi connectivity index (χ1) is 9.33. The molecule has 3 aliphatic rings. The molecule has 3 saturated carbocycles. The Morgan fingerprint density at radius 3 is 2.53 bits per heavy atom. The molecule has 0 unspecified atom stereocenters. The van der Waals surface area contributed by atoms with Gasteiger partial charge in [0.05, 0.1) is 0 Å². The highest BCUT2D eigenvalue weighted by atomic mass is 15.3. The number of aromatic nitrogens is 2. The van der Waals surface area contributed by atoms with Crippen molar-refractivity contribution < 1.29 is 0 Å². The normalized spacial score (nSPS) is 22.4. The molecule has 102 valence electrons. The van der Waals surface area contributed by atoms with Crippen LogP contribution in [0.25, 0.3) is 0 Å². The molecule has 0 aliphatic heterocycles. The summed E-state index contributed by atoms with van der Waals surface area (Å²) in [5.41, 5.74) is 0. The van der Waals surface area contributed by atoms with Crippen LogP contribution < -0.4 is 10.2 Å². The lowest BCUT2D eigenvalue weighted by Crippen LogP contribution is -2.29. The predicted molar refractivity (Wildman–Crippen MR) is 76.6 cm³/mol. The van der Waals surface area contributed by atoms with E-state index in [9.17, 15) is 0 Å². The van der Waals surface area contributed by atoms with Crippen LogP contribution in [0.15, 0.2) is 6.07 Å². The Hall–Kier alpha value is -1.32. The molecule has 0 spiro atoms. The Balaban J connectivity index is 1.64. The molecule has 4 heteroatoms. The number of hydrogen-bond acceptors (Lipinski definition) is 4. The Kier molecular flexibility index (Phi) is 2.64. The third-order valence-corrected chi connectivity index (χ3v) is 4.36. The Labute approximate surface area is 114 Å². The zero-order valence-corrected chi connectivity index (χ0v) is 11.6. The minimum atomic E-state index is 0.619. The van der Waals surface area contributed by atoms with Gasteiger partial charge in [-0.05, 0) is 44.4 Å². The lowest BCUT2D eigenvalue weighted by atomic mass is 10.3. The maximum absolute atomic E-state index is 4.86. The third-order valence-electron chi connectivity index (χ3n) is 4.36. The van der Waals surface area contributed by atoms with E-state index in [-0.39, 0.29) is 0 Å². The van der Waals surface area contributed by atoms with E-state index in [0.29, 0.717) is 5.92 Å². The lowest BCUT2D eigenvalue weighted by molar-refractivity contribution is 0.703. The molecule has 3 aliphatic carbocycles. The summed E-state index contributed by atoms with van der Waals surface area (Å²) in [6, 6.07) is 2.87. The quantitative estimate of drug-likeness (QED) is 0.852. The summed E-state index contributed by atoms with van der Waals surface area (Å²) in [6.45, 7) is 1.20. The average Bonchev–Trinajstić information content (AvgIpc) is 3.32. The molecular weight excluding hydrogens is 236 g/mol. The molecule has 0 bridgehead atoms. The van der Waals surface area contributed by atoms with Crippen LogP contribution in [-0.2, 0) is 0 Å². The third kappa shape index (κ3) is 2.53. The molecule has 1 aromatic rings. The van der Waals surface area contributed by atoms with Crippen LogP contribution in [0.2, 0.25) is 0 Å². The average molecular weight is 258 g/mol. The van der Waals surface area contributed by atoms with E-state index in [4.69, 9.17) is 4.98 Å². The monoisotopic (exact) mass is 258 g/mol. The summed E-state index contributed by atoms with van der Waals surface area (Å²) >= 11 is 0. The van der Waals surface area contributed by atoms with Gasteiger partial charge in [0.2, 0.25) is 0 Å². The van der Waals surface area contributed by atoms with Crippen LogP contribution in [0.4, 0.5) is 11.6 Å². The zero-order valence-electron chi connectivity index (χ0n) is 11.6. The minimum Gasteiger partial charge on any atom is -0.373 e. The van der Waals surface area contributed by atoms with Gasteiger partial charge in [-0.25, -0.2) is 9.97 Å². The molecule has 3 fully saturated rings. The van der Waals surface area contributed by atoms with Crippen molar-refractivity contribution in [3.63, 3.8) is 0 Å². The molecule has 0 atom stereocenters. The van der Waals surface area contributed by atoms with E-state index in [1.807, 2.05) is 7.05 Å². The molecule has 4 rings (SSSR count). The van der Waals surface area contributed by atoms with Crippen molar-refractivity contribution in [3.05, 3.63) is 11.9 Å². The van der Waals surface area contributed by atoms with E-state index in [1.54, 1.807) is 0 Å². The second kappa shape index (κ2) is 4.36. The topological polar surface area (TPSA) is 41.0 Å². The minimum absolute atomic E-state index is 0.619. The fraction of sp³-hybridized carbons (Fsp3) is 0.733. The highest BCUT2D eigenvalue weighted by molar-refractivity contribution is 5.51. The summed E-state index contributed by atoms with van der Waals surface area (Å²) in [6.07, 6.45) is 8.01. The number of rotatable bonds is 6. The first-order valence-corrected chi connectivity index (χ1v) is 7.67. The largest absolute Gasteiger partial charge is 0.373 e. The van der Waals surface area contributed by atoms with E-state index < -0.39 is 0 Å². The summed E-state index contributed by atoms with van der Waals surface area (Å²) < 4.78 is 0.